The van der Waals surface area contributed by atoms with E-state index in [1.165, 1.54) is 11.3 Å². The standard InChI is InChI=1S/C22H27N7O/c1-16-17(2)28(12-8-11-27(3)4)21-20(16)22-25-19(26-29(22)15-23-21)14-30-24-13-18-9-6-5-7-10-18/h5-7,9-10,13,15H,8,11-12,14H2,1-4H3/b24-13+. The maximum absolute atomic E-state index is 5.40. The predicted molar refractivity (Wildman–Crippen MR) is 118 cm³/mol. The number of aryl methyl sites for hydroxylation is 2. The lowest BCUT2D eigenvalue weighted by atomic mass is 10.2. The van der Waals surface area contributed by atoms with Gasteiger partial charge in [-0.1, -0.05) is 35.5 Å². The summed E-state index contributed by atoms with van der Waals surface area (Å²) in [5, 5.41) is 9.56. The Hall–Kier alpha value is -3.26. The van der Waals surface area contributed by atoms with Gasteiger partial charge in [-0.05, 0) is 52.0 Å². The van der Waals surface area contributed by atoms with E-state index in [1.54, 1.807) is 17.1 Å². The Balaban J connectivity index is 1.56. The minimum absolute atomic E-state index is 0.202. The van der Waals surface area contributed by atoms with Crippen molar-refractivity contribution in [3.05, 3.63) is 59.3 Å². The van der Waals surface area contributed by atoms with Crippen LogP contribution in [0.4, 0.5) is 0 Å². The smallest absolute Gasteiger partial charge is 0.192 e. The maximum atomic E-state index is 5.40. The second-order valence-electron chi connectivity index (χ2n) is 7.68. The van der Waals surface area contributed by atoms with Crippen LogP contribution < -0.4 is 0 Å². The van der Waals surface area contributed by atoms with E-state index in [9.17, 15) is 0 Å². The molecule has 4 rings (SSSR count). The summed E-state index contributed by atoms with van der Waals surface area (Å²) in [6, 6.07) is 9.81. The number of hydrogen-bond donors (Lipinski definition) is 0. The Morgan fingerprint density at radius 2 is 1.93 bits per heavy atom. The lowest BCUT2D eigenvalue weighted by molar-refractivity contribution is 0.126. The molecule has 0 fully saturated rings. The van der Waals surface area contributed by atoms with Gasteiger partial charge < -0.3 is 14.3 Å². The normalized spacial score (nSPS) is 12.0. The Bertz CT molecular complexity index is 1170. The first-order valence-electron chi connectivity index (χ1n) is 10.1. The number of nitrogens with zero attached hydrogens (tertiary/aromatic N) is 7. The Morgan fingerprint density at radius 3 is 2.70 bits per heavy atom. The van der Waals surface area contributed by atoms with Crippen molar-refractivity contribution in [1.82, 2.24) is 29.0 Å². The molecular formula is C22H27N7O. The van der Waals surface area contributed by atoms with Crippen molar-refractivity contribution < 1.29 is 4.84 Å². The van der Waals surface area contributed by atoms with E-state index < -0.39 is 0 Å². The zero-order chi connectivity index (χ0) is 21.1. The number of rotatable bonds is 8. The minimum Gasteiger partial charge on any atom is -0.387 e. The van der Waals surface area contributed by atoms with E-state index in [0.29, 0.717) is 5.82 Å². The van der Waals surface area contributed by atoms with E-state index in [4.69, 9.17) is 9.82 Å². The van der Waals surface area contributed by atoms with Crippen molar-refractivity contribution in [2.75, 3.05) is 20.6 Å². The number of hydrogen-bond acceptors (Lipinski definition) is 6. The third-order valence-corrected chi connectivity index (χ3v) is 5.25. The van der Waals surface area contributed by atoms with Crippen molar-refractivity contribution in [2.24, 2.45) is 5.16 Å². The van der Waals surface area contributed by atoms with Crippen LogP contribution in [0.5, 0.6) is 0 Å². The zero-order valence-corrected chi connectivity index (χ0v) is 17.9. The number of aromatic nitrogens is 5. The number of fused-ring (bicyclic) bond motifs is 3. The Labute approximate surface area is 175 Å². The minimum atomic E-state index is 0.202. The van der Waals surface area contributed by atoms with Crippen molar-refractivity contribution >= 4 is 22.9 Å². The SMILES string of the molecule is Cc1c(C)n(CCCN(C)C)c2ncn3nc(CO/N=C/c4ccccc4)nc3c12. The summed E-state index contributed by atoms with van der Waals surface area (Å²) in [6.07, 6.45) is 4.47. The van der Waals surface area contributed by atoms with Gasteiger partial charge in [0.15, 0.2) is 18.1 Å². The molecule has 0 atom stereocenters. The van der Waals surface area contributed by atoms with E-state index in [2.05, 4.69) is 52.6 Å². The molecular weight excluding hydrogens is 378 g/mol. The quantitative estimate of drug-likeness (QED) is 0.332. The van der Waals surface area contributed by atoms with Gasteiger partial charge >= 0.3 is 0 Å². The molecule has 0 saturated carbocycles. The molecule has 0 aliphatic heterocycles. The third kappa shape index (κ3) is 4.04. The summed E-state index contributed by atoms with van der Waals surface area (Å²) in [5.74, 6) is 0.576. The van der Waals surface area contributed by atoms with Crippen LogP contribution in [-0.4, -0.2) is 55.9 Å². The van der Waals surface area contributed by atoms with Gasteiger partial charge in [-0.25, -0.2) is 14.5 Å². The molecule has 0 saturated heterocycles. The fourth-order valence-electron chi connectivity index (χ4n) is 3.59. The number of benzene rings is 1. The second-order valence-corrected chi connectivity index (χ2v) is 7.68. The van der Waals surface area contributed by atoms with Crippen molar-refractivity contribution in [3.8, 4) is 0 Å². The van der Waals surface area contributed by atoms with Crippen LogP contribution in [0.1, 0.15) is 29.1 Å². The molecule has 156 valence electrons. The highest BCUT2D eigenvalue weighted by Gasteiger charge is 2.17. The third-order valence-electron chi connectivity index (χ3n) is 5.25. The average Bonchev–Trinajstić information content (AvgIpc) is 3.26. The molecule has 0 aliphatic rings. The predicted octanol–water partition coefficient (Wildman–Crippen LogP) is 3.20. The van der Waals surface area contributed by atoms with E-state index in [1.807, 2.05) is 30.3 Å². The highest BCUT2D eigenvalue weighted by atomic mass is 16.6. The van der Waals surface area contributed by atoms with Crippen LogP contribution in [-0.2, 0) is 18.0 Å². The van der Waals surface area contributed by atoms with Gasteiger partial charge in [0, 0.05) is 12.2 Å². The summed E-state index contributed by atoms with van der Waals surface area (Å²) in [6.45, 7) is 6.43. The highest BCUT2D eigenvalue weighted by molar-refractivity contribution is 5.93. The monoisotopic (exact) mass is 405 g/mol. The lowest BCUT2D eigenvalue weighted by Gasteiger charge is -2.11. The molecule has 0 aliphatic carbocycles. The largest absolute Gasteiger partial charge is 0.387 e. The topological polar surface area (TPSA) is 72.8 Å². The molecule has 1 aromatic carbocycles. The second kappa shape index (κ2) is 8.62. The van der Waals surface area contributed by atoms with Gasteiger partial charge in [0.2, 0.25) is 0 Å². The molecule has 0 amide bonds. The van der Waals surface area contributed by atoms with Crippen molar-refractivity contribution in [2.45, 2.75) is 33.4 Å². The highest BCUT2D eigenvalue weighted by Crippen LogP contribution is 2.27. The summed E-state index contributed by atoms with van der Waals surface area (Å²) in [4.78, 5) is 17.0. The van der Waals surface area contributed by atoms with Gasteiger partial charge in [0.25, 0.3) is 0 Å². The summed E-state index contributed by atoms with van der Waals surface area (Å²) in [5.41, 5.74) is 5.15. The van der Waals surface area contributed by atoms with Crippen LogP contribution in [0.2, 0.25) is 0 Å². The molecule has 8 nitrogen and oxygen atoms in total. The number of oxime groups is 1. The Kier molecular flexibility index (Phi) is 5.76. The molecule has 8 heteroatoms. The summed E-state index contributed by atoms with van der Waals surface area (Å²) < 4.78 is 4.00. The van der Waals surface area contributed by atoms with Crippen LogP contribution in [0, 0.1) is 13.8 Å². The van der Waals surface area contributed by atoms with Gasteiger partial charge in [-0.2, -0.15) is 0 Å². The van der Waals surface area contributed by atoms with Crippen LogP contribution >= 0.6 is 0 Å². The maximum Gasteiger partial charge on any atom is 0.192 e. The van der Waals surface area contributed by atoms with Crippen molar-refractivity contribution in [1.29, 1.82) is 0 Å². The molecule has 0 bridgehead atoms. The molecule has 0 unspecified atom stereocenters. The first-order chi connectivity index (χ1) is 14.5. The van der Waals surface area contributed by atoms with Crippen LogP contribution in [0.3, 0.4) is 0 Å². The molecule has 3 heterocycles. The fraction of sp³-hybridized carbons (Fsp3) is 0.364. The summed E-state index contributed by atoms with van der Waals surface area (Å²) >= 11 is 0. The molecule has 30 heavy (non-hydrogen) atoms. The van der Waals surface area contributed by atoms with Gasteiger partial charge in [-0.3, -0.25) is 0 Å². The van der Waals surface area contributed by atoms with Crippen LogP contribution in [0.15, 0.2) is 41.8 Å². The van der Waals surface area contributed by atoms with E-state index >= 15 is 0 Å². The molecule has 0 spiro atoms. The van der Waals surface area contributed by atoms with Gasteiger partial charge in [-0.15, -0.1) is 5.10 Å². The first kappa shape index (κ1) is 20.0. The first-order valence-corrected chi connectivity index (χ1v) is 10.1. The van der Waals surface area contributed by atoms with Crippen molar-refractivity contribution in [3.63, 3.8) is 0 Å². The molecule has 3 aromatic heterocycles. The van der Waals surface area contributed by atoms with Gasteiger partial charge in [0.1, 0.15) is 12.0 Å². The molecule has 0 N–H and O–H groups in total. The molecule has 0 radical (unpaired) electrons. The zero-order valence-electron chi connectivity index (χ0n) is 17.9. The van der Waals surface area contributed by atoms with Gasteiger partial charge in [0.05, 0.1) is 11.6 Å². The van der Waals surface area contributed by atoms with E-state index in [-0.39, 0.29) is 6.61 Å². The summed E-state index contributed by atoms with van der Waals surface area (Å²) in [7, 11) is 4.19. The van der Waals surface area contributed by atoms with E-state index in [0.717, 1.165) is 41.8 Å². The molecule has 4 aromatic rings. The van der Waals surface area contributed by atoms with Crippen LogP contribution in [0.25, 0.3) is 16.7 Å². The lowest BCUT2D eigenvalue weighted by Crippen LogP contribution is -2.15. The average molecular weight is 406 g/mol. The fourth-order valence-corrected chi connectivity index (χ4v) is 3.59. The Morgan fingerprint density at radius 1 is 1.13 bits per heavy atom.